The molecule has 1 aromatic carbocycles. The molecule has 0 unspecified atom stereocenters. The lowest BCUT2D eigenvalue weighted by Crippen LogP contribution is -2.15. The minimum Gasteiger partial charge on any atom is -0.366 e. The molecule has 3 rings (SSSR count). The highest BCUT2D eigenvalue weighted by molar-refractivity contribution is 7.14. The lowest BCUT2D eigenvalue weighted by Gasteiger charge is -2.04. The van der Waals surface area contributed by atoms with Crippen molar-refractivity contribution in [3.8, 4) is 10.6 Å². The predicted molar refractivity (Wildman–Crippen MR) is 92.7 cm³/mol. The Morgan fingerprint density at radius 3 is 2.57 bits per heavy atom. The van der Waals surface area contributed by atoms with Gasteiger partial charge in [-0.25, -0.2) is 4.98 Å². The van der Waals surface area contributed by atoms with E-state index in [9.17, 15) is 9.59 Å². The number of nitrogens with one attached hydrogen (secondary N) is 1. The summed E-state index contributed by atoms with van der Waals surface area (Å²) in [5, 5.41) is 9.61. The summed E-state index contributed by atoms with van der Waals surface area (Å²) in [6.07, 6.45) is 0.207. The first-order valence-corrected chi connectivity index (χ1v) is 8.61. The summed E-state index contributed by atoms with van der Waals surface area (Å²) in [6, 6.07) is 8.46. The van der Waals surface area contributed by atoms with Gasteiger partial charge in [-0.15, -0.1) is 11.3 Å². The van der Waals surface area contributed by atoms with Crippen LogP contribution < -0.4 is 11.1 Å². The minimum absolute atomic E-state index is 0.154. The monoisotopic (exact) mass is 343 g/mol. The van der Waals surface area contributed by atoms with Crippen LogP contribution in [-0.2, 0) is 11.2 Å². The van der Waals surface area contributed by atoms with E-state index in [2.05, 4.69) is 10.3 Å². The zero-order valence-corrected chi connectivity index (χ0v) is 13.6. The van der Waals surface area contributed by atoms with Gasteiger partial charge in [0.05, 0.1) is 12.1 Å². The smallest absolute Gasteiger partial charge is 0.248 e. The number of thiophene rings is 1. The van der Waals surface area contributed by atoms with Crippen molar-refractivity contribution < 1.29 is 9.59 Å². The van der Waals surface area contributed by atoms with Crippen LogP contribution >= 0.6 is 22.7 Å². The fourth-order valence-electron chi connectivity index (χ4n) is 1.99. The van der Waals surface area contributed by atoms with Gasteiger partial charge in [0.1, 0.15) is 5.01 Å². The van der Waals surface area contributed by atoms with Crippen molar-refractivity contribution in [2.24, 2.45) is 5.73 Å². The van der Waals surface area contributed by atoms with Crippen molar-refractivity contribution in [1.82, 2.24) is 4.98 Å². The number of primary amides is 1. The van der Waals surface area contributed by atoms with Gasteiger partial charge in [0.15, 0.2) is 0 Å². The summed E-state index contributed by atoms with van der Waals surface area (Å²) in [4.78, 5) is 27.5. The van der Waals surface area contributed by atoms with Gasteiger partial charge in [0.2, 0.25) is 11.8 Å². The normalized spacial score (nSPS) is 10.4. The Bertz CT molecular complexity index is 823. The summed E-state index contributed by atoms with van der Waals surface area (Å²) < 4.78 is 0. The molecule has 2 aromatic heterocycles. The zero-order valence-electron chi connectivity index (χ0n) is 12.0. The molecule has 5 nitrogen and oxygen atoms in total. The maximum atomic E-state index is 12.1. The van der Waals surface area contributed by atoms with Crippen molar-refractivity contribution in [1.29, 1.82) is 0 Å². The molecule has 0 radical (unpaired) electrons. The number of carbonyl (C=O) groups excluding carboxylic acids is 2. The van der Waals surface area contributed by atoms with Gasteiger partial charge in [0.25, 0.3) is 0 Å². The lowest BCUT2D eigenvalue weighted by atomic mass is 10.2. The molecule has 2 heterocycles. The molecule has 0 aliphatic rings. The van der Waals surface area contributed by atoms with E-state index in [1.54, 1.807) is 35.6 Å². The molecule has 23 heavy (non-hydrogen) atoms. The van der Waals surface area contributed by atoms with Crippen LogP contribution in [0.5, 0.6) is 0 Å². The summed E-state index contributed by atoms with van der Waals surface area (Å²) in [5.74, 6) is -0.648. The molecule has 0 saturated carbocycles. The first kappa shape index (κ1) is 15.4. The van der Waals surface area contributed by atoms with Crippen LogP contribution in [0.2, 0.25) is 0 Å². The topological polar surface area (TPSA) is 85.1 Å². The van der Waals surface area contributed by atoms with Gasteiger partial charge >= 0.3 is 0 Å². The highest BCUT2D eigenvalue weighted by Crippen LogP contribution is 2.25. The van der Waals surface area contributed by atoms with Gasteiger partial charge in [-0.05, 0) is 35.7 Å². The first-order chi connectivity index (χ1) is 11.1. The predicted octanol–water partition coefficient (Wildman–Crippen LogP) is 3.15. The Morgan fingerprint density at radius 2 is 1.91 bits per heavy atom. The van der Waals surface area contributed by atoms with Crippen molar-refractivity contribution in [2.75, 3.05) is 5.32 Å². The van der Waals surface area contributed by atoms with Crippen LogP contribution in [0.4, 0.5) is 5.69 Å². The molecule has 0 aliphatic heterocycles. The van der Waals surface area contributed by atoms with E-state index in [1.165, 1.54) is 11.3 Å². The number of carbonyl (C=O) groups is 2. The average molecular weight is 343 g/mol. The number of thiazole rings is 1. The quantitative estimate of drug-likeness (QED) is 0.746. The molecule has 0 atom stereocenters. The highest BCUT2D eigenvalue weighted by Gasteiger charge is 2.10. The summed E-state index contributed by atoms with van der Waals surface area (Å²) in [5.41, 5.74) is 8.02. The Morgan fingerprint density at radius 1 is 1.13 bits per heavy atom. The number of anilines is 1. The number of amides is 2. The second kappa shape index (κ2) is 6.72. The zero-order chi connectivity index (χ0) is 16.2. The van der Waals surface area contributed by atoms with Crippen LogP contribution in [0.1, 0.15) is 16.1 Å². The Kier molecular flexibility index (Phi) is 4.50. The minimum atomic E-state index is -0.494. The van der Waals surface area contributed by atoms with E-state index in [4.69, 9.17) is 5.73 Å². The molecule has 0 bridgehead atoms. The molecule has 0 fully saturated rings. The molecular formula is C16H13N3O2S2. The number of nitrogens with zero attached hydrogens (tertiary/aromatic N) is 1. The highest BCUT2D eigenvalue weighted by atomic mass is 32.1. The molecule has 7 heteroatoms. The summed E-state index contributed by atoms with van der Waals surface area (Å²) in [6.45, 7) is 0. The third-order valence-corrected chi connectivity index (χ3v) is 4.74. The third kappa shape index (κ3) is 3.82. The van der Waals surface area contributed by atoms with Crippen LogP contribution in [0.15, 0.2) is 46.5 Å². The molecule has 0 saturated heterocycles. The van der Waals surface area contributed by atoms with E-state index in [0.717, 1.165) is 16.3 Å². The summed E-state index contributed by atoms with van der Waals surface area (Å²) in [7, 11) is 0. The van der Waals surface area contributed by atoms with Crippen molar-refractivity contribution in [3.05, 3.63) is 57.7 Å². The van der Waals surface area contributed by atoms with Crippen molar-refractivity contribution in [3.63, 3.8) is 0 Å². The second-order valence-electron chi connectivity index (χ2n) is 4.82. The molecule has 0 spiro atoms. The molecule has 3 aromatic rings. The third-order valence-electron chi connectivity index (χ3n) is 3.11. The molecule has 0 aliphatic carbocycles. The van der Waals surface area contributed by atoms with Crippen LogP contribution in [-0.4, -0.2) is 16.8 Å². The molecular weight excluding hydrogens is 330 g/mol. The van der Waals surface area contributed by atoms with Crippen LogP contribution in [0.25, 0.3) is 10.6 Å². The van der Waals surface area contributed by atoms with Crippen LogP contribution in [0, 0.1) is 0 Å². The van der Waals surface area contributed by atoms with Crippen molar-refractivity contribution in [2.45, 2.75) is 6.42 Å². The molecule has 3 N–H and O–H groups in total. The van der Waals surface area contributed by atoms with Crippen molar-refractivity contribution >= 4 is 40.2 Å². The SMILES string of the molecule is NC(=O)c1ccc(NC(=O)Cc2csc(-c3ccsc3)n2)cc1. The van der Waals surface area contributed by atoms with E-state index in [1.807, 2.05) is 22.2 Å². The fourth-order valence-corrected chi connectivity index (χ4v) is 3.53. The largest absolute Gasteiger partial charge is 0.366 e. The maximum Gasteiger partial charge on any atom is 0.248 e. The average Bonchev–Trinajstić information content (AvgIpc) is 3.18. The van der Waals surface area contributed by atoms with Gasteiger partial charge in [-0.1, -0.05) is 0 Å². The van der Waals surface area contributed by atoms with Gasteiger partial charge in [0, 0.05) is 27.6 Å². The number of nitrogens with two attached hydrogens (primary N) is 1. The second-order valence-corrected chi connectivity index (χ2v) is 6.46. The maximum absolute atomic E-state index is 12.1. The van der Waals surface area contributed by atoms with E-state index in [-0.39, 0.29) is 12.3 Å². The number of benzene rings is 1. The van der Waals surface area contributed by atoms with E-state index < -0.39 is 5.91 Å². The molecule has 116 valence electrons. The van der Waals surface area contributed by atoms with E-state index >= 15 is 0 Å². The Hall–Kier alpha value is -2.51. The number of rotatable bonds is 5. The van der Waals surface area contributed by atoms with Gasteiger partial charge < -0.3 is 11.1 Å². The van der Waals surface area contributed by atoms with Crippen LogP contribution in [0.3, 0.4) is 0 Å². The number of hydrogen-bond donors (Lipinski definition) is 2. The summed E-state index contributed by atoms with van der Waals surface area (Å²) >= 11 is 3.14. The Balaban J connectivity index is 1.62. The lowest BCUT2D eigenvalue weighted by molar-refractivity contribution is -0.115. The standard InChI is InChI=1S/C16H13N3O2S2/c17-15(21)10-1-3-12(4-2-10)18-14(20)7-13-9-23-16(19-13)11-5-6-22-8-11/h1-6,8-9H,7H2,(H2,17,21)(H,18,20). The first-order valence-electron chi connectivity index (χ1n) is 6.78. The fraction of sp³-hybridized carbons (Fsp3) is 0.0625. The number of aromatic nitrogens is 1. The molecule has 2 amide bonds. The van der Waals surface area contributed by atoms with E-state index in [0.29, 0.717) is 11.3 Å². The number of hydrogen-bond acceptors (Lipinski definition) is 5. The Labute approximate surface area is 140 Å². The van der Waals surface area contributed by atoms with Gasteiger partial charge in [-0.3, -0.25) is 9.59 Å². The van der Waals surface area contributed by atoms with Gasteiger partial charge in [-0.2, -0.15) is 11.3 Å².